The van der Waals surface area contributed by atoms with Gasteiger partial charge in [-0.1, -0.05) is 25.5 Å². The normalized spacial score (nSPS) is 10.7. The summed E-state index contributed by atoms with van der Waals surface area (Å²) in [6.45, 7) is 2.39. The molecule has 1 heterocycles. The van der Waals surface area contributed by atoms with Crippen LogP contribution < -0.4 is 5.69 Å². The van der Waals surface area contributed by atoms with Gasteiger partial charge in [-0.3, -0.25) is 9.36 Å². The fraction of sp³-hybridized carbons (Fsp3) is 0.385. The first-order chi connectivity index (χ1) is 8.72. The molecule has 2 aromatic rings. The zero-order valence-electron chi connectivity index (χ0n) is 10.3. The highest BCUT2D eigenvalue weighted by atomic mass is 16.5. The van der Waals surface area contributed by atoms with E-state index in [9.17, 15) is 9.59 Å². The number of esters is 1. The van der Waals surface area contributed by atoms with Crippen LogP contribution in [0.5, 0.6) is 0 Å². The van der Waals surface area contributed by atoms with Crippen molar-refractivity contribution in [3.8, 4) is 0 Å². The molecule has 0 saturated heterocycles. The van der Waals surface area contributed by atoms with Gasteiger partial charge in [0, 0.05) is 0 Å². The van der Waals surface area contributed by atoms with Crippen LogP contribution in [0.15, 0.2) is 29.1 Å². The summed E-state index contributed by atoms with van der Waals surface area (Å²) in [4.78, 5) is 26.0. The molecule has 2 rings (SSSR count). The minimum Gasteiger partial charge on any atom is -0.464 e. The molecule has 1 aromatic heterocycles. The summed E-state index contributed by atoms with van der Waals surface area (Å²) in [7, 11) is 0. The minimum atomic E-state index is -0.379. The first-order valence-corrected chi connectivity index (χ1v) is 6.05. The molecule has 96 valence electrons. The molecule has 5 nitrogen and oxygen atoms in total. The third-order valence-electron chi connectivity index (χ3n) is 2.73. The lowest BCUT2D eigenvalue weighted by atomic mass is 10.3. The van der Waals surface area contributed by atoms with Gasteiger partial charge in [0.25, 0.3) is 0 Å². The molecule has 1 aromatic carbocycles. The van der Waals surface area contributed by atoms with E-state index in [1.54, 1.807) is 12.1 Å². The number of para-hydroxylation sites is 2. The Balaban J connectivity index is 2.14. The number of hydrogen-bond acceptors (Lipinski definition) is 3. The Labute approximate surface area is 104 Å². The maximum Gasteiger partial charge on any atom is 0.327 e. The van der Waals surface area contributed by atoms with Crippen LogP contribution in [0.3, 0.4) is 0 Å². The Hall–Kier alpha value is -2.04. The molecule has 0 bridgehead atoms. The summed E-state index contributed by atoms with van der Waals surface area (Å²) < 4.78 is 6.44. The molecule has 5 heteroatoms. The van der Waals surface area contributed by atoms with Crippen molar-refractivity contribution < 1.29 is 9.53 Å². The molecule has 0 aliphatic carbocycles. The van der Waals surface area contributed by atoms with E-state index in [4.69, 9.17) is 4.74 Å². The summed E-state index contributed by atoms with van der Waals surface area (Å²) in [5.41, 5.74) is 1.16. The Bertz CT molecular complexity index is 598. The van der Waals surface area contributed by atoms with Gasteiger partial charge in [0.1, 0.15) is 6.54 Å². The predicted molar refractivity (Wildman–Crippen MR) is 68.4 cm³/mol. The highest BCUT2D eigenvalue weighted by molar-refractivity contribution is 5.77. The molecular formula is C13H16N2O3. The van der Waals surface area contributed by atoms with Crippen molar-refractivity contribution in [2.24, 2.45) is 0 Å². The van der Waals surface area contributed by atoms with Crippen LogP contribution in [0.25, 0.3) is 11.0 Å². The Kier molecular flexibility index (Phi) is 3.82. The smallest absolute Gasteiger partial charge is 0.327 e. The third-order valence-corrected chi connectivity index (χ3v) is 2.73. The molecule has 0 unspecified atom stereocenters. The summed E-state index contributed by atoms with van der Waals surface area (Å²) >= 11 is 0. The second-order valence-corrected chi connectivity index (χ2v) is 4.11. The molecule has 0 aliphatic heterocycles. The van der Waals surface area contributed by atoms with Gasteiger partial charge in [-0.15, -0.1) is 0 Å². The lowest BCUT2D eigenvalue weighted by Crippen LogP contribution is -2.23. The number of imidazole rings is 1. The minimum absolute atomic E-state index is 0.0490. The van der Waals surface area contributed by atoms with Gasteiger partial charge in [0.2, 0.25) is 0 Å². The zero-order chi connectivity index (χ0) is 13.0. The number of unbranched alkanes of at least 4 members (excludes halogenated alkanes) is 1. The summed E-state index contributed by atoms with van der Waals surface area (Å²) in [6, 6.07) is 7.26. The number of fused-ring (bicyclic) bond motifs is 1. The van der Waals surface area contributed by atoms with Crippen molar-refractivity contribution in [2.75, 3.05) is 6.61 Å². The van der Waals surface area contributed by atoms with Crippen LogP contribution in [0.2, 0.25) is 0 Å². The van der Waals surface area contributed by atoms with E-state index >= 15 is 0 Å². The summed E-state index contributed by atoms with van der Waals surface area (Å²) in [5, 5.41) is 0. The number of nitrogens with one attached hydrogen (secondary N) is 1. The van der Waals surface area contributed by atoms with Gasteiger partial charge in [-0.2, -0.15) is 0 Å². The number of aromatic nitrogens is 2. The Morgan fingerprint density at radius 1 is 1.39 bits per heavy atom. The van der Waals surface area contributed by atoms with Gasteiger partial charge >= 0.3 is 11.7 Å². The van der Waals surface area contributed by atoms with Crippen molar-refractivity contribution in [2.45, 2.75) is 26.3 Å². The SMILES string of the molecule is CCCCOC(=O)Cn1c(=O)[nH]c2ccccc21. The molecule has 0 aliphatic rings. The van der Waals surface area contributed by atoms with E-state index in [1.165, 1.54) is 4.57 Å². The zero-order valence-corrected chi connectivity index (χ0v) is 10.3. The number of nitrogens with zero attached hydrogens (tertiary/aromatic N) is 1. The number of benzene rings is 1. The van der Waals surface area contributed by atoms with Crippen molar-refractivity contribution in [1.82, 2.24) is 9.55 Å². The Morgan fingerprint density at radius 3 is 2.94 bits per heavy atom. The summed E-state index contributed by atoms with van der Waals surface area (Å²) in [5.74, 6) is -0.379. The number of ether oxygens (including phenoxy) is 1. The molecule has 0 amide bonds. The van der Waals surface area contributed by atoms with Crippen molar-refractivity contribution >= 4 is 17.0 Å². The van der Waals surface area contributed by atoms with E-state index in [1.807, 2.05) is 19.1 Å². The number of aromatic amines is 1. The first-order valence-electron chi connectivity index (χ1n) is 6.05. The van der Waals surface area contributed by atoms with Crippen molar-refractivity contribution in [3.05, 3.63) is 34.7 Å². The van der Waals surface area contributed by atoms with E-state index in [0.717, 1.165) is 23.9 Å². The number of rotatable bonds is 5. The molecule has 18 heavy (non-hydrogen) atoms. The predicted octanol–water partition coefficient (Wildman–Crippen LogP) is 1.67. The standard InChI is InChI=1S/C13H16N2O3/c1-2-3-8-18-12(16)9-15-11-7-5-4-6-10(11)14-13(15)17/h4-7H,2-3,8-9H2,1H3,(H,14,17). The van der Waals surface area contributed by atoms with Crippen LogP contribution in [0, 0.1) is 0 Å². The molecule has 0 atom stereocenters. The van der Waals surface area contributed by atoms with E-state index in [-0.39, 0.29) is 18.2 Å². The van der Waals surface area contributed by atoms with Crippen LogP contribution >= 0.6 is 0 Å². The van der Waals surface area contributed by atoms with Gasteiger partial charge in [-0.05, 0) is 18.6 Å². The van der Waals surface area contributed by atoms with Gasteiger partial charge < -0.3 is 9.72 Å². The molecule has 0 spiro atoms. The average Bonchev–Trinajstić information content (AvgIpc) is 2.67. The fourth-order valence-electron chi connectivity index (χ4n) is 1.77. The van der Waals surface area contributed by atoms with Crippen molar-refractivity contribution in [3.63, 3.8) is 0 Å². The molecule has 0 radical (unpaired) electrons. The molecule has 0 fully saturated rings. The van der Waals surface area contributed by atoms with E-state index in [2.05, 4.69) is 4.98 Å². The van der Waals surface area contributed by atoms with Gasteiger partial charge in [0.15, 0.2) is 0 Å². The lowest BCUT2D eigenvalue weighted by Gasteiger charge is -2.04. The Morgan fingerprint density at radius 2 is 2.17 bits per heavy atom. The van der Waals surface area contributed by atoms with E-state index < -0.39 is 0 Å². The third kappa shape index (κ3) is 2.61. The quantitative estimate of drug-likeness (QED) is 0.646. The monoisotopic (exact) mass is 248 g/mol. The molecule has 1 N–H and O–H groups in total. The maximum atomic E-state index is 11.7. The van der Waals surface area contributed by atoms with Crippen LogP contribution in [0.4, 0.5) is 0 Å². The maximum absolute atomic E-state index is 11.7. The number of carbonyl (C=O) groups excluding carboxylic acids is 1. The summed E-state index contributed by atoms with van der Waals surface area (Å²) in [6.07, 6.45) is 1.81. The second kappa shape index (κ2) is 5.53. The average molecular weight is 248 g/mol. The topological polar surface area (TPSA) is 64.1 Å². The molecular weight excluding hydrogens is 232 g/mol. The van der Waals surface area contributed by atoms with E-state index in [0.29, 0.717) is 6.61 Å². The van der Waals surface area contributed by atoms with Crippen LogP contribution in [-0.2, 0) is 16.1 Å². The highest BCUT2D eigenvalue weighted by Crippen LogP contribution is 2.08. The number of hydrogen-bond donors (Lipinski definition) is 1. The number of H-pyrrole nitrogens is 1. The van der Waals surface area contributed by atoms with Crippen LogP contribution in [-0.4, -0.2) is 22.1 Å². The second-order valence-electron chi connectivity index (χ2n) is 4.11. The number of carbonyl (C=O) groups is 1. The lowest BCUT2D eigenvalue weighted by molar-refractivity contribution is -0.144. The van der Waals surface area contributed by atoms with Gasteiger partial charge in [-0.25, -0.2) is 4.79 Å². The highest BCUT2D eigenvalue weighted by Gasteiger charge is 2.10. The van der Waals surface area contributed by atoms with Crippen molar-refractivity contribution in [1.29, 1.82) is 0 Å². The van der Waals surface area contributed by atoms with Gasteiger partial charge in [0.05, 0.1) is 17.6 Å². The largest absolute Gasteiger partial charge is 0.464 e. The fourth-order valence-corrected chi connectivity index (χ4v) is 1.77. The van der Waals surface area contributed by atoms with Crippen LogP contribution in [0.1, 0.15) is 19.8 Å². The first kappa shape index (κ1) is 12.4. The molecule has 0 saturated carbocycles.